The van der Waals surface area contributed by atoms with Gasteiger partial charge in [0.2, 0.25) is 10.0 Å². The van der Waals surface area contributed by atoms with Gasteiger partial charge in [0.15, 0.2) is 0 Å². The maximum Gasteiger partial charge on any atom is 0.244 e. The topological polar surface area (TPSA) is 68.1 Å². The molecule has 0 saturated carbocycles. The summed E-state index contributed by atoms with van der Waals surface area (Å²) in [4.78, 5) is 0.358. The normalized spacial score (nSPS) is 28.1. The summed E-state index contributed by atoms with van der Waals surface area (Å²) in [5.74, 6) is 0. The number of nitrogens with zero attached hydrogens (tertiary/aromatic N) is 4. The summed E-state index contributed by atoms with van der Waals surface area (Å²) in [6.07, 6.45) is 6.96. The highest BCUT2D eigenvalue weighted by molar-refractivity contribution is 9.10. The summed E-state index contributed by atoms with van der Waals surface area (Å²) in [5.41, 5.74) is 0. The lowest BCUT2D eigenvalue weighted by Crippen LogP contribution is -2.46. The molecule has 2 saturated heterocycles. The number of halogens is 1. The highest BCUT2D eigenvalue weighted by Gasteiger charge is 2.48. The van der Waals surface area contributed by atoms with Crippen LogP contribution in [0.25, 0.3) is 0 Å². The van der Waals surface area contributed by atoms with E-state index in [4.69, 9.17) is 0 Å². The van der Waals surface area contributed by atoms with Gasteiger partial charge in [-0.25, -0.2) is 13.1 Å². The van der Waals surface area contributed by atoms with Gasteiger partial charge in [-0.3, -0.25) is 0 Å². The predicted octanol–water partition coefficient (Wildman–Crippen LogP) is 2.60. The van der Waals surface area contributed by atoms with E-state index >= 15 is 0 Å². The number of hydrogen-bond acceptors (Lipinski definition) is 4. The zero-order chi connectivity index (χ0) is 16.0. The molecule has 0 N–H and O–H groups in total. The van der Waals surface area contributed by atoms with Crippen molar-refractivity contribution < 1.29 is 8.42 Å². The van der Waals surface area contributed by atoms with Gasteiger partial charge in [0.25, 0.3) is 0 Å². The van der Waals surface area contributed by atoms with Crippen LogP contribution in [0.4, 0.5) is 0 Å². The Morgan fingerprint density at radius 2 is 1.78 bits per heavy atom. The largest absolute Gasteiger partial charge is 0.249 e. The zero-order valence-electron chi connectivity index (χ0n) is 12.4. The van der Waals surface area contributed by atoms with Crippen molar-refractivity contribution in [2.24, 2.45) is 0 Å². The van der Waals surface area contributed by atoms with E-state index in [0.29, 0.717) is 9.37 Å². The molecule has 2 aliphatic heterocycles. The number of benzene rings is 1. The van der Waals surface area contributed by atoms with Crippen LogP contribution < -0.4 is 0 Å². The molecular formula is C15H17BrN4O2S. The van der Waals surface area contributed by atoms with Crippen LogP contribution in [0.5, 0.6) is 0 Å². The maximum absolute atomic E-state index is 13.1. The third kappa shape index (κ3) is 2.53. The summed E-state index contributed by atoms with van der Waals surface area (Å²) in [7, 11) is -3.48. The molecule has 1 aromatic carbocycles. The lowest BCUT2D eigenvalue weighted by molar-refractivity contribution is 0.183. The molecule has 2 aromatic rings. The Balaban J connectivity index is 1.66. The highest BCUT2D eigenvalue weighted by Crippen LogP contribution is 2.44. The molecule has 122 valence electrons. The molecule has 2 unspecified atom stereocenters. The molecule has 1 aromatic heterocycles. The summed E-state index contributed by atoms with van der Waals surface area (Å²) < 4.78 is 30.5. The molecule has 0 spiro atoms. The molecule has 2 bridgehead atoms. The van der Waals surface area contributed by atoms with E-state index in [2.05, 4.69) is 26.2 Å². The van der Waals surface area contributed by atoms with Crippen LogP contribution in [-0.2, 0) is 10.0 Å². The summed E-state index contributed by atoms with van der Waals surface area (Å²) in [6.45, 7) is 0. The zero-order valence-corrected chi connectivity index (χ0v) is 14.8. The Kier molecular flexibility index (Phi) is 3.78. The van der Waals surface area contributed by atoms with Crippen molar-refractivity contribution in [3.8, 4) is 0 Å². The number of aromatic nitrogens is 3. The SMILES string of the molecule is O=S(=O)(c1ccccc1Br)N1C2CCC1CC(n1ccnn1)C2. The van der Waals surface area contributed by atoms with Crippen molar-refractivity contribution >= 4 is 26.0 Å². The fourth-order valence-corrected chi connectivity index (χ4v) is 6.75. The molecule has 4 rings (SSSR count). The van der Waals surface area contributed by atoms with E-state index in [1.165, 1.54) is 0 Å². The quantitative estimate of drug-likeness (QED) is 0.799. The van der Waals surface area contributed by atoms with Gasteiger partial charge in [0.1, 0.15) is 0 Å². The summed E-state index contributed by atoms with van der Waals surface area (Å²) in [5, 5.41) is 7.96. The van der Waals surface area contributed by atoms with Gasteiger partial charge in [-0.1, -0.05) is 17.3 Å². The third-order valence-electron chi connectivity index (χ3n) is 4.85. The van der Waals surface area contributed by atoms with E-state index in [0.717, 1.165) is 25.7 Å². The van der Waals surface area contributed by atoms with Crippen molar-refractivity contribution in [2.75, 3.05) is 0 Å². The number of sulfonamides is 1. The molecular weight excluding hydrogens is 380 g/mol. The number of piperidine rings is 1. The second-order valence-electron chi connectivity index (χ2n) is 6.16. The first-order chi connectivity index (χ1) is 11.1. The van der Waals surface area contributed by atoms with Crippen LogP contribution in [0, 0.1) is 0 Å². The molecule has 0 radical (unpaired) electrons. The molecule has 0 amide bonds. The standard InChI is InChI=1S/C15H17BrN4O2S/c16-14-3-1-2-4-15(14)23(21,22)20-11-5-6-12(20)10-13(9-11)19-8-7-17-18-19/h1-4,7-8,11-13H,5-6,9-10H2. The van der Waals surface area contributed by atoms with Crippen molar-refractivity contribution in [3.05, 3.63) is 41.1 Å². The minimum Gasteiger partial charge on any atom is -0.249 e. The predicted molar refractivity (Wildman–Crippen MR) is 88.3 cm³/mol. The monoisotopic (exact) mass is 396 g/mol. The van der Waals surface area contributed by atoms with Crippen molar-refractivity contribution in [3.63, 3.8) is 0 Å². The fraction of sp³-hybridized carbons (Fsp3) is 0.467. The molecule has 23 heavy (non-hydrogen) atoms. The van der Waals surface area contributed by atoms with E-state index in [1.54, 1.807) is 28.7 Å². The van der Waals surface area contributed by atoms with Gasteiger partial charge in [-0.15, -0.1) is 5.10 Å². The van der Waals surface area contributed by atoms with Gasteiger partial charge in [0, 0.05) is 22.8 Å². The van der Waals surface area contributed by atoms with Crippen LogP contribution in [0.1, 0.15) is 31.7 Å². The second kappa shape index (κ2) is 5.68. The summed E-state index contributed by atoms with van der Waals surface area (Å²) >= 11 is 3.37. The molecule has 8 heteroatoms. The van der Waals surface area contributed by atoms with Gasteiger partial charge in [0.05, 0.1) is 17.1 Å². The van der Waals surface area contributed by atoms with Gasteiger partial charge >= 0.3 is 0 Å². The van der Waals surface area contributed by atoms with Gasteiger partial charge in [-0.05, 0) is 53.7 Å². The third-order valence-corrected chi connectivity index (χ3v) is 7.87. The minimum atomic E-state index is -3.48. The number of rotatable bonds is 3. The van der Waals surface area contributed by atoms with Crippen LogP contribution >= 0.6 is 15.9 Å². The van der Waals surface area contributed by atoms with Crippen LogP contribution in [-0.4, -0.2) is 39.8 Å². The Morgan fingerprint density at radius 3 is 2.39 bits per heavy atom. The Hall–Kier alpha value is -1.25. The average Bonchev–Trinajstić information content (AvgIpc) is 3.15. The van der Waals surface area contributed by atoms with Crippen LogP contribution in [0.15, 0.2) is 46.0 Å². The van der Waals surface area contributed by atoms with Crippen molar-refractivity contribution in [2.45, 2.75) is 48.7 Å². The summed E-state index contributed by atoms with van der Waals surface area (Å²) in [6, 6.07) is 7.36. The molecule has 2 atom stereocenters. The van der Waals surface area contributed by atoms with E-state index in [1.807, 2.05) is 16.9 Å². The second-order valence-corrected chi connectivity index (χ2v) is 8.82. The molecule has 6 nitrogen and oxygen atoms in total. The van der Waals surface area contributed by atoms with Crippen LogP contribution in [0.2, 0.25) is 0 Å². The van der Waals surface area contributed by atoms with Crippen LogP contribution in [0.3, 0.4) is 0 Å². The smallest absolute Gasteiger partial charge is 0.244 e. The number of hydrogen-bond donors (Lipinski definition) is 0. The van der Waals surface area contributed by atoms with E-state index in [-0.39, 0.29) is 18.1 Å². The molecule has 0 aliphatic carbocycles. The Labute approximate surface area is 143 Å². The van der Waals surface area contributed by atoms with Gasteiger partial charge < -0.3 is 0 Å². The lowest BCUT2D eigenvalue weighted by Gasteiger charge is -2.37. The fourth-order valence-electron chi connectivity index (χ4n) is 3.89. The first-order valence-electron chi connectivity index (χ1n) is 7.71. The van der Waals surface area contributed by atoms with Gasteiger partial charge in [-0.2, -0.15) is 4.31 Å². The maximum atomic E-state index is 13.1. The lowest BCUT2D eigenvalue weighted by atomic mass is 10.00. The average molecular weight is 397 g/mol. The molecule has 2 fully saturated rings. The Morgan fingerprint density at radius 1 is 1.09 bits per heavy atom. The van der Waals surface area contributed by atoms with Crippen molar-refractivity contribution in [1.29, 1.82) is 0 Å². The van der Waals surface area contributed by atoms with E-state index in [9.17, 15) is 8.42 Å². The molecule has 3 heterocycles. The highest BCUT2D eigenvalue weighted by atomic mass is 79.9. The van der Waals surface area contributed by atoms with E-state index < -0.39 is 10.0 Å². The first-order valence-corrected chi connectivity index (χ1v) is 9.94. The Bertz CT molecular complexity index is 795. The number of fused-ring (bicyclic) bond motifs is 2. The minimum absolute atomic E-state index is 0.0417. The van der Waals surface area contributed by atoms with Crippen molar-refractivity contribution in [1.82, 2.24) is 19.3 Å². The first kappa shape index (κ1) is 15.3. The molecule has 2 aliphatic rings.